The van der Waals surface area contributed by atoms with E-state index in [1.54, 1.807) is 11.7 Å². The Hall–Kier alpha value is -2.34. The average Bonchev–Trinajstić information content (AvgIpc) is 2.88. The van der Waals surface area contributed by atoms with Crippen molar-refractivity contribution in [3.05, 3.63) is 51.4 Å². The zero-order valence-corrected chi connectivity index (χ0v) is 13.1. The van der Waals surface area contributed by atoms with Gasteiger partial charge in [0.25, 0.3) is 5.56 Å². The first-order valence-corrected chi connectivity index (χ1v) is 7.40. The van der Waals surface area contributed by atoms with Gasteiger partial charge >= 0.3 is 0 Å². The van der Waals surface area contributed by atoms with E-state index in [1.807, 2.05) is 24.3 Å². The zero-order chi connectivity index (χ0) is 15.7. The number of aromatic amines is 1. The summed E-state index contributed by atoms with van der Waals surface area (Å²) in [5, 5.41) is 8.50. The van der Waals surface area contributed by atoms with Crippen molar-refractivity contribution in [3.63, 3.8) is 0 Å². The summed E-state index contributed by atoms with van der Waals surface area (Å²) in [7, 11) is 1.76. The Balaban J connectivity index is 1.95. The van der Waals surface area contributed by atoms with Crippen LogP contribution in [0.2, 0.25) is 5.02 Å². The topological polar surface area (TPSA) is 75.6 Å². The number of rotatable bonds is 4. The lowest BCUT2D eigenvalue weighted by Gasteiger charge is -2.17. The number of H-pyrrole nitrogens is 1. The number of halogens is 1. The van der Waals surface area contributed by atoms with Gasteiger partial charge in [0.05, 0.1) is 12.2 Å². The number of anilines is 1. The summed E-state index contributed by atoms with van der Waals surface area (Å²) < 4.78 is 1.58. The van der Waals surface area contributed by atoms with Crippen molar-refractivity contribution in [2.45, 2.75) is 19.4 Å². The number of benzene rings is 1. The Morgan fingerprint density at radius 1 is 1.36 bits per heavy atom. The standard InChI is InChI=1S/C15H16ClN5O/c1-3-12(9-4-6-10(16)7-5-9)18-15-19-13-11(14(22)20-15)8-17-21(13)2/h4-8,12H,3H2,1-2H3,(H2,18,19,20,22)/t12-/m1/s1. The van der Waals surface area contributed by atoms with Crippen molar-refractivity contribution >= 4 is 28.6 Å². The van der Waals surface area contributed by atoms with Crippen LogP contribution in [0.4, 0.5) is 5.95 Å². The summed E-state index contributed by atoms with van der Waals surface area (Å²) in [6, 6.07) is 7.66. The molecule has 3 rings (SSSR count). The van der Waals surface area contributed by atoms with E-state index in [0.717, 1.165) is 12.0 Å². The van der Waals surface area contributed by atoms with Gasteiger partial charge in [0.15, 0.2) is 5.65 Å². The van der Waals surface area contributed by atoms with Crippen LogP contribution in [0.25, 0.3) is 11.0 Å². The molecule has 0 aliphatic carbocycles. The molecule has 0 aliphatic heterocycles. The molecule has 1 aromatic carbocycles. The van der Waals surface area contributed by atoms with Crippen LogP contribution in [-0.2, 0) is 7.05 Å². The predicted octanol–water partition coefficient (Wildman–Crippen LogP) is 2.87. The molecular weight excluding hydrogens is 302 g/mol. The Bertz CT molecular complexity index is 852. The molecule has 0 bridgehead atoms. The number of aryl methyl sites for hydroxylation is 1. The van der Waals surface area contributed by atoms with Crippen LogP contribution in [0, 0.1) is 0 Å². The molecule has 0 aliphatic rings. The molecule has 0 amide bonds. The first-order chi connectivity index (χ1) is 10.6. The lowest BCUT2D eigenvalue weighted by molar-refractivity contribution is 0.735. The fraction of sp³-hybridized carbons (Fsp3) is 0.267. The maximum Gasteiger partial charge on any atom is 0.263 e. The quantitative estimate of drug-likeness (QED) is 0.776. The van der Waals surface area contributed by atoms with E-state index in [0.29, 0.717) is 22.0 Å². The molecule has 2 heterocycles. The van der Waals surface area contributed by atoms with Crippen molar-refractivity contribution in [3.8, 4) is 0 Å². The van der Waals surface area contributed by atoms with E-state index in [1.165, 1.54) is 6.20 Å². The summed E-state index contributed by atoms with van der Waals surface area (Å²) in [5.74, 6) is 0.433. The molecular formula is C15H16ClN5O. The third-order valence-corrected chi connectivity index (χ3v) is 3.85. The van der Waals surface area contributed by atoms with E-state index in [4.69, 9.17) is 11.6 Å². The number of hydrogen-bond acceptors (Lipinski definition) is 4. The van der Waals surface area contributed by atoms with Gasteiger partial charge in [-0.1, -0.05) is 30.7 Å². The van der Waals surface area contributed by atoms with Gasteiger partial charge in [-0.3, -0.25) is 14.5 Å². The van der Waals surface area contributed by atoms with E-state index >= 15 is 0 Å². The molecule has 3 aromatic rings. The molecule has 7 heteroatoms. The van der Waals surface area contributed by atoms with Crippen LogP contribution in [-0.4, -0.2) is 19.7 Å². The van der Waals surface area contributed by atoms with Crippen molar-refractivity contribution in [2.24, 2.45) is 7.05 Å². The van der Waals surface area contributed by atoms with Crippen molar-refractivity contribution < 1.29 is 0 Å². The largest absolute Gasteiger partial charge is 0.349 e. The number of aromatic nitrogens is 4. The highest BCUT2D eigenvalue weighted by atomic mass is 35.5. The zero-order valence-electron chi connectivity index (χ0n) is 12.3. The third-order valence-electron chi connectivity index (χ3n) is 3.59. The normalized spacial score (nSPS) is 12.5. The van der Waals surface area contributed by atoms with Crippen LogP contribution in [0.5, 0.6) is 0 Å². The minimum Gasteiger partial charge on any atom is -0.349 e. The summed E-state index contributed by atoms with van der Waals surface area (Å²) in [6.45, 7) is 2.06. The highest BCUT2D eigenvalue weighted by molar-refractivity contribution is 6.30. The van der Waals surface area contributed by atoms with Crippen molar-refractivity contribution in [1.29, 1.82) is 0 Å². The fourth-order valence-corrected chi connectivity index (χ4v) is 2.51. The first-order valence-electron chi connectivity index (χ1n) is 7.02. The molecule has 1 atom stereocenters. The first kappa shape index (κ1) is 14.6. The molecule has 0 spiro atoms. The van der Waals surface area contributed by atoms with Gasteiger partial charge in [-0.15, -0.1) is 0 Å². The Labute approximate surface area is 132 Å². The van der Waals surface area contributed by atoms with E-state index < -0.39 is 0 Å². The molecule has 0 unspecified atom stereocenters. The molecule has 2 N–H and O–H groups in total. The van der Waals surface area contributed by atoms with Gasteiger partial charge < -0.3 is 5.32 Å². The third kappa shape index (κ3) is 2.69. The summed E-state index contributed by atoms with van der Waals surface area (Å²) in [6.07, 6.45) is 2.36. The maximum absolute atomic E-state index is 12.1. The van der Waals surface area contributed by atoms with E-state index in [2.05, 4.69) is 27.3 Å². The molecule has 2 aromatic heterocycles. The number of nitrogens with zero attached hydrogens (tertiary/aromatic N) is 3. The minimum absolute atomic E-state index is 0.0334. The lowest BCUT2D eigenvalue weighted by atomic mass is 10.1. The highest BCUT2D eigenvalue weighted by Gasteiger charge is 2.13. The second kappa shape index (κ2) is 5.81. The molecule has 0 radical (unpaired) electrons. The Kier molecular flexibility index (Phi) is 3.85. The average molecular weight is 318 g/mol. The molecule has 0 fully saturated rings. The summed E-state index contributed by atoms with van der Waals surface area (Å²) in [4.78, 5) is 19.2. The molecule has 22 heavy (non-hydrogen) atoms. The van der Waals surface area contributed by atoms with Gasteiger partial charge in [-0.2, -0.15) is 10.1 Å². The number of fused-ring (bicyclic) bond motifs is 1. The number of hydrogen-bond donors (Lipinski definition) is 2. The monoisotopic (exact) mass is 317 g/mol. The fourth-order valence-electron chi connectivity index (χ4n) is 2.38. The second-order valence-electron chi connectivity index (χ2n) is 5.08. The maximum atomic E-state index is 12.1. The van der Waals surface area contributed by atoms with E-state index in [9.17, 15) is 4.79 Å². The van der Waals surface area contributed by atoms with Crippen molar-refractivity contribution in [2.75, 3.05) is 5.32 Å². The minimum atomic E-state index is -0.202. The van der Waals surface area contributed by atoms with Gasteiger partial charge in [-0.25, -0.2) is 0 Å². The summed E-state index contributed by atoms with van der Waals surface area (Å²) >= 11 is 5.92. The Morgan fingerprint density at radius 3 is 2.77 bits per heavy atom. The SMILES string of the molecule is CC[C@@H](Nc1nc2c(cnn2C)c(=O)[nH]1)c1ccc(Cl)cc1. The van der Waals surface area contributed by atoms with Gasteiger partial charge in [-0.05, 0) is 24.1 Å². The van der Waals surface area contributed by atoms with Crippen molar-refractivity contribution in [1.82, 2.24) is 19.7 Å². The van der Waals surface area contributed by atoms with Crippen LogP contribution < -0.4 is 10.9 Å². The lowest BCUT2D eigenvalue weighted by Crippen LogP contribution is -2.17. The summed E-state index contributed by atoms with van der Waals surface area (Å²) in [5.41, 5.74) is 1.43. The van der Waals surface area contributed by atoms with Gasteiger partial charge in [0, 0.05) is 12.1 Å². The van der Waals surface area contributed by atoms with Gasteiger partial charge in [0.1, 0.15) is 5.39 Å². The molecule has 6 nitrogen and oxygen atoms in total. The van der Waals surface area contributed by atoms with E-state index in [-0.39, 0.29) is 11.6 Å². The predicted molar refractivity (Wildman–Crippen MR) is 87.2 cm³/mol. The van der Waals surface area contributed by atoms with Gasteiger partial charge in [0.2, 0.25) is 5.95 Å². The van der Waals surface area contributed by atoms with Crippen LogP contribution >= 0.6 is 11.6 Å². The molecule has 0 saturated carbocycles. The Morgan fingerprint density at radius 2 is 2.09 bits per heavy atom. The van der Waals surface area contributed by atoms with Crippen LogP contribution in [0.3, 0.4) is 0 Å². The molecule has 114 valence electrons. The second-order valence-corrected chi connectivity index (χ2v) is 5.51. The number of nitrogens with one attached hydrogen (secondary N) is 2. The smallest absolute Gasteiger partial charge is 0.263 e. The van der Waals surface area contributed by atoms with Crippen LogP contribution in [0.1, 0.15) is 24.9 Å². The molecule has 0 saturated heterocycles. The van der Waals surface area contributed by atoms with Crippen LogP contribution in [0.15, 0.2) is 35.3 Å². The highest BCUT2D eigenvalue weighted by Crippen LogP contribution is 2.22.